The maximum Gasteiger partial charge on any atom is 0.226 e. The molecule has 0 aliphatic heterocycles. The molecule has 22 heavy (non-hydrogen) atoms. The molecule has 0 bridgehead atoms. The first-order valence-electron chi connectivity index (χ1n) is 8.04. The highest BCUT2D eigenvalue weighted by molar-refractivity contribution is 5.52. The van der Waals surface area contributed by atoms with E-state index in [1.807, 2.05) is 0 Å². The average Bonchev–Trinajstić information content (AvgIpc) is 2.97. The van der Waals surface area contributed by atoms with Gasteiger partial charge in [0, 0.05) is 18.2 Å². The van der Waals surface area contributed by atoms with Crippen LogP contribution >= 0.6 is 0 Å². The Labute approximate surface area is 131 Å². The number of hydrogen-bond donors (Lipinski definition) is 0. The van der Waals surface area contributed by atoms with Gasteiger partial charge in [-0.25, -0.2) is 9.37 Å². The van der Waals surface area contributed by atoms with Gasteiger partial charge in [-0.3, -0.25) is 4.90 Å². The van der Waals surface area contributed by atoms with E-state index in [0.717, 1.165) is 23.7 Å². The van der Waals surface area contributed by atoms with Crippen molar-refractivity contribution < 1.29 is 8.81 Å². The zero-order valence-electron chi connectivity index (χ0n) is 13.3. The average molecular weight is 302 g/mol. The van der Waals surface area contributed by atoms with Crippen LogP contribution in [-0.2, 0) is 6.54 Å². The van der Waals surface area contributed by atoms with Gasteiger partial charge in [0.1, 0.15) is 12.1 Å². The molecule has 2 atom stereocenters. The van der Waals surface area contributed by atoms with E-state index >= 15 is 0 Å². The molecule has 1 aliphatic carbocycles. The standard InChI is InChI=1S/C18H23FN2O/c1-13-5-3-4-6-17(13)21(2)11-16-12-22-18(20-16)14-7-9-15(19)10-8-14/h7-10,12-13,17H,3-6,11H2,1-2H3. The fraction of sp³-hybridized carbons (Fsp3) is 0.500. The van der Waals surface area contributed by atoms with E-state index in [2.05, 4.69) is 23.9 Å². The van der Waals surface area contributed by atoms with E-state index in [9.17, 15) is 4.39 Å². The predicted molar refractivity (Wildman–Crippen MR) is 84.8 cm³/mol. The lowest BCUT2D eigenvalue weighted by molar-refractivity contribution is 0.132. The number of aromatic nitrogens is 1. The van der Waals surface area contributed by atoms with Crippen molar-refractivity contribution in [2.24, 2.45) is 5.92 Å². The van der Waals surface area contributed by atoms with Crippen LogP contribution in [0.4, 0.5) is 4.39 Å². The Kier molecular flexibility index (Phi) is 4.57. The maximum absolute atomic E-state index is 13.0. The zero-order chi connectivity index (χ0) is 15.5. The minimum Gasteiger partial charge on any atom is -0.444 e. The van der Waals surface area contributed by atoms with E-state index in [-0.39, 0.29) is 5.82 Å². The van der Waals surface area contributed by atoms with Gasteiger partial charge in [-0.05, 0) is 50.1 Å². The Morgan fingerprint density at radius 2 is 1.95 bits per heavy atom. The Morgan fingerprint density at radius 3 is 2.68 bits per heavy atom. The summed E-state index contributed by atoms with van der Waals surface area (Å²) < 4.78 is 18.5. The molecule has 1 fully saturated rings. The van der Waals surface area contributed by atoms with Crippen LogP contribution in [0.3, 0.4) is 0 Å². The molecule has 1 aromatic heterocycles. The second kappa shape index (κ2) is 6.61. The quantitative estimate of drug-likeness (QED) is 0.833. The van der Waals surface area contributed by atoms with Crippen LogP contribution in [-0.4, -0.2) is 23.0 Å². The fourth-order valence-electron chi connectivity index (χ4n) is 3.43. The predicted octanol–water partition coefficient (Wildman–Crippen LogP) is 4.49. The van der Waals surface area contributed by atoms with Gasteiger partial charge in [0.05, 0.1) is 5.69 Å². The third-order valence-electron chi connectivity index (χ3n) is 4.69. The minimum atomic E-state index is -0.249. The first kappa shape index (κ1) is 15.2. The van der Waals surface area contributed by atoms with Crippen molar-refractivity contribution in [2.75, 3.05) is 7.05 Å². The van der Waals surface area contributed by atoms with Crippen molar-refractivity contribution in [1.29, 1.82) is 0 Å². The smallest absolute Gasteiger partial charge is 0.226 e. The number of oxazole rings is 1. The number of nitrogens with zero attached hydrogens (tertiary/aromatic N) is 2. The molecule has 4 heteroatoms. The topological polar surface area (TPSA) is 29.3 Å². The molecule has 1 aromatic carbocycles. The molecular formula is C18H23FN2O. The summed E-state index contributed by atoms with van der Waals surface area (Å²) in [7, 11) is 2.17. The van der Waals surface area contributed by atoms with Crippen molar-refractivity contribution in [2.45, 2.75) is 45.2 Å². The van der Waals surface area contributed by atoms with E-state index in [1.165, 1.54) is 37.8 Å². The van der Waals surface area contributed by atoms with Gasteiger partial charge in [0.25, 0.3) is 0 Å². The molecule has 0 N–H and O–H groups in total. The van der Waals surface area contributed by atoms with Crippen LogP contribution in [0, 0.1) is 11.7 Å². The van der Waals surface area contributed by atoms with E-state index in [4.69, 9.17) is 4.42 Å². The van der Waals surface area contributed by atoms with Gasteiger partial charge in [0.2, 0.25) is 5.89 Å². The molecule has 3 nitrogen and oxygen atoms in total. The Hall–Kier alpha value is -1.68. The number of halogens is 1. The molecule has 2 unspecified atom stereocenters. The number of hydrogen-bond acceptors (Lipinski definition) is 3. The van der Waals surface area contributed by atoms with E-state index in [0.29, 0.717) is 11.9 Å². The van der Waals surface area contributed by atoms with Crippen LogP contribution in [0.2, 0.25) is 0 Å². The summed E-state index contributed by atoms with van der Waals surface area (Å²) in [6.45, 7) is 3.13. The van der Waals surface area contributed by atoms with Crippen LogP contribution in [0.1, 0.15) is 38.3 Å². The lowest BCUT2D eigenvalue weighted by atomic mass is 9.85. The second-order valence-electron chi connectivity index (χ2n) is 6.40. The molecule has 0 amide bonds. The van der Waals surface area contributed by atoms with Gasteiger partial charge in [-0.2, -0.15) is 0 Å². The fourth-order valence-corrected chi connectivity index (χ4v) is 3.43. The van der Waals surface area contributed by atoms with E-state index in [1.54, 1.807) is 18.4 Å². The van der Waals surface area contributed by atoms with Gasteiger partial charge >= 0.3 is 0 Å². The molecule has 0 saturated heterocycles. The largest absolute Gasteiger partial charge is 0.444 e. The first-order chi connectivity index (χ1) is 10.6. The summed E-state index contributed by atoms with van der Waals surface area (Å²) in [4.78, 5) is 6.92. The molecule has 1 saturated carbocycles. The molecule has 1 heterocycles. The monoisotopic (exact) mass is 302 g/mol. The summed E-state index contributed by atoms with van der Waals surface area (Å²) in [6.07, 6.45) is 6.96. The summed E-state index contributed by atoms with van der Waals surface area (Å²) in [5, 5.41) is 0. The molecular weight excluding hydrogens is 279 g/mol. The third-order valence-corrected chi connectivity index (χ3v) is 4.69. The highest BCUT2D eigenvalue weighted by Crippen LogP contribution is 2.28. The molecule has 1 aliphatic rings. The highest BCUT2D eigenvalue weighted by atomic mass is 19.1. The lowest BCUT2D eigenvalue weighted by Crippen LogP contribution is -2.38. The first-order valence-corrected chi connectivity index (χ1v) is 8.04. The van der Waals surface area contributed by atoms with Crippen LogP contribution in [0.5, 0.6) is 0 Å². The molecule has 3 rings (SSSR count). The second-order valence-corrected chi connectivity index (χ2v) is 6.40. The summed E-state index contributed by atoms with van der Waals surface area (Å²) in [6, 6.07) is 6.86. The third kappa shape index (κ3) is 3.38. The van der Waals surface area contributed by atoms with E-state index < -0.39 is 0 Å². The maximum atomic E-state index is 13.0. The van der Waals surface area contributed by atoms with Crippen LogP contribution in [0.25, 0.3) is 11.5 Å². The highest BCUT2D eigenvalue weighted by Gasteiger charge is 2.25. The number of rotatable bonds is 4. The molecule has 0 spiro atoms. The van der Waals surface area contributed by atoms with Gasteiger partial charge < -0.3 is 4.42 Å². The molecule has 2 aromatic rings. The Morgan fingerprint density at radius 1 is 1.23 bits per heavy atom. The van der Waals surface area contributed by atoms with Crippen LogP contribution < -0.4 is 0 Å². The van der Waals surface area contributed by atoms with Crippen molar-refractivity contribution in [1.82, 2.24) is 9.88 Å². The molecule has 118 valence electrons. The Balaban J connectivity index is 1.67. The molecule has 0 radical (unpaired) electrons. The van der Waals surface area contributed by atoms with Gasteiger partial charge in [-0.15, -0.1) is 0 Å². The van der Waals surface area contributed by atoms with Crippen molar-refractivity contribution >= 4 is 0 Å². The minimum absolute atomic E-state index is 0.249. The van der Waals surface area contributed by atoms with Crippen LogP contribution in [0.15, 0.2) is 34.9 Å². The SMILES string of the molecule is CC1CCCCC1N(C)Cc1coc(-c2ccc(F)cc2)n1. The summed E-state index contributed by atoms with van der Waals surface area (Å²) >= 11 is 0. The number of benzene rings is 1. The Bertz CT molecular complexity index is 608. The summed E-state index contributed by atoms with van der Waals surface area (Å²) in [5.74, 6) is 1.05. The van der Waals surface area contributed by atoms with Crippen molar-refractivity contribution in [3.05, 3.63) is 42.0 Å². The lowest BCUT2D eigenvalue weighted by Gasteiger charge is -2.35. The van der Waals surface area contributed by atoms with Crippen molar-refractivity contribution in [3.8, 4) is 11.5 Å². The van der Waals surface area contributed by atoms with Gasteiger partial charge in [-0.1, -0.05) is 19.8 Å². The van der Waals surface area contributed by atoms with Gasteiger partial charge in [0.15, 0.2) is 0 Å². The summed E-state index contributed by atoms with van der Waals surface area (Å²) in [5.41, 5.74) is 1.74. The zero-order valence-corrected chi connectivity index (χ0v) is 13.3. The normalized spacial score (nSPS) is 22.2. The van der Waals surface area contributed by atoms with Crippen molar-refractivity contribution in [3.63, 3.8) is 0 Å².